The second-order valence-corrected chi connectivity index (χ2v) is 5.07. The van der Waals surface area contributed by atoms with E-state index >= 15 is 0 Å². The van der Waals surface area contributed by atoms with Gasteiger partial charge in [-0.25, -0.2) is 4.39 Å². The minimum Gasteiger partial charge on any atom is -0.469 e. The number of aryl methyl sites for hydroxylation is 1. The topological polar surface area (TPSA) is 33.4 Å². The van der Waals surface area contributed by atoms with E-state index in [0.717, 1.165) is 15.8 Å². The molecule has 0 amide bonds. The van der Waals surface area contributed by atoms with E-state index in [1.54, 1.807) is 12.3 Å². The summed E-state index contributed by atoms with van der Waals surface area (Å²) < 4.78 is 19.1. The first kappa shape index (κ1) is 13.3. The minimum atomic E-state index is -0.506. The van der Waals surface area contributed by atoms with Gasteiger partial charge in [0, 0.05) is 10.9 Å². The number of aliphatic hydroxyl groups excluding tert-OH is 1. The summed E-state index contributed by atoms with van der Waals surface area (Å²) in [6.45, 7) is 0. The van der Waals surface area contributed by atoms with Crippen LogP contribution in [-0.4, -0.2) is 11.2 Å². The Bertz CT molecular complexity index is 497. The number of hydrogen-bond acceptors (Lipinski definition) is 2. The molecule has 2 rings (SSSR count). The summed E-state index contributed by atoms with van der Waals surface area (Å²) in [5.41, 5.74) is 0.780. The summed E-state index contributed by atoms with van der Waals surface area (Å²) >= 11 is 3.35. The molecule has 1 aromatic carbocycles. The zero-order valence-corrected chi connectivity index (χ0v) is 11.4. The number of rotatable bonds is 5. The monoisotopic (exact) mass is 312 g/mol. The lowest BCUT2D eigenvalue weighted by molar-refractivity contribution is 0.162. The molecule has 4 heteroatoms. The largest absolute Gasteiger partial charge is 0.469 e. The highest BCUT2D eigenvalue weighted by Crippen LogP contribution is 2.20. The molecule has 1 atom stereocenters. The molecular weight excluding hydrogens is 299 g/mol. The first-order valence-electron chi connectivity index (χ1n) is 5.79. The molecule has 0 aliphatic rings. The normalized spacial score (nSPS) is 12.6. The Hall–Kier alpha value is -1.13. The molecule has 1 unspecified atom stereocenters. The molecule has 1 heterocycles. The van der Waals surface area contributed by atoms with Gasteiger partial charge in [0.1, 0.15) is 11.6 Å². The van der Waals surface area contributed by atoms with Crippen LogP contribution in [0.5, 0.6) is 0 Å². The van der Waals surface area contributed by atoms with Gasteiger partial charge in [-0.3, -0.25) is 0 Å². The van der Waals surface area contributed by atoms with E-state index in [-0.39, 0.29) is 5.82 Å². The predicted octanol–water partition coefficient (Wildman–Crippen LogP) is 3.72. The van der Waals surface area contributed by atoms with E-state index in [4.69, 9.17) is 4.42 Å². The summed E-state index contributed by atoms with van der Waals surface area (Å²) in [5.74, 6) is 0.568. The third kappa shape index (κ3) is 3.68. The molecule has 1 N–H and O–H groups in total. The highest BCUT2D eigenvalue weighted by molar-refractivity contribution is 9.10. The standard InChI is InChI=1S/C14H14BrFO2/c15-14-6-3-11(16)8-10(14)9-12(17)4-5-13-2-1-7-18-13/h1-3,6-8,12,17H,4-5,9H2. The zero-order chi connectivity index (χ0) is 13.0. The summed E-state index contributed by atoms with van der Waals surface area (Å²) in [5, 5.41) is 9.93. The molecule has 2 aromatic rings. The Morgan fingerprint density at radius 3 is 2.89 bits per heavy atom. The third-order valence-electron chi connectivity index (χ3n) is 2.77. The second-order valence-electron chi connectivity index (χ2n) is 4.21. The Kier molecular flexibility index (Phi) is 4.55. The van der Waals surface area contributed by atoms with Crippen LogP contribution >= 0.6 is 15.9 Å². The summed E-state index contributed by atoms with van der Waals surface area (Å²) in [6, 6.07) is 8.20. The van der Waals surface area contributed by atoms with Gasteiger partial charge in [-0.05, 0) is 48.7 Å². The van der Waals surface area contributed by atoms with E-state index in [0.29, 0.717) is 19.3 Å². The van der Waals surface area contributed by atoms with Gasteiger partial charge in [0.05, 0.1) is 12.4 Å². The van der Waals surface area contributed by atoms with Crippen molar-refractivity contribution in [3.8, 4) is 0 Å². The number of benzene rings is 1. The molecule has 0 spiro atoms. The van der Waals surface area contributed by atoms with Crippen molar-refractivity contribution in [2.75, 3.05) is 0 Å². The van der Waals surface area contributed by atoms with Crippen LogP contribution in [-0.2, 0) is 12.8 Å². The van der Waals surface area contributed by atoms with Gasteiger partial charge in [-0.15, -0.1) is 0 Å². The van der Waals surface area contributed by atoms with Crippen molar-refractivity contribution in [2.45, 2.75) is 25.4 Å². The highest BCUT2D eigenvalue weighted by atomic mass is 79.9. The first-order chi connectivity index (χ1) is 8.65. The van der Waals surface area contributed by atoms with Gasteiger partial charge in [-0.1, -0.05) is 15.9 Å². The smallest absolute Gasteiger partial charge is 0.123 e. The van der Waals surface area contributed by atoms with E-state index in [9.17, 15) is 9.50 Å². The van der Waals surface area contributed by atoms with Crippen molar-refractivity contribution in [1.82, 2.24) is 0 Å². The van der Waals surface area contributed by atoms with Crippen molar-refractivity contribution in [3.63, 3.8) is 0 Å². The molecule has 0 fully saturated rings. The molecule has 0 saturated carbocycles. The maximum Gasteiger partial charge on any atom is 0.123 e. The molecular formula is C14H14BrFO2. The SMILES string of the molecule is OC(CCc1ccco1)Cc1cc(F)ccc1Br. The van der Waals surface area contributed by atoms with Crippen LogP contribution in [0.3, 0.4) is 0 Å². The van der Waals surface area contributed by atoms with Crippen LogP contribution in [0, 0.1) is 5.82 Å². The fourth-order valence-electron chi connectivity index (χ4n) is 1.82. The Labute approximate surface area is 114 Å². The van der Waals surface area contributed by atoms with Gasteiger partial charge in [0.15, 0.2) is 0 Å². The lowest BCUT2D eigenvalue weighted by Crippen LogP contribution is -2.12. The summed E-state index contributed by atoms with van der Waals surface area (Å²) in [7, 11) is 0. The minimum absolute atomic E-state index is 0.286. The summed E-state index contributed by atoms with van der Waals surface area (Å²) in [4.78, 5) is 0. The van der Waals surface area contributed by atoms with Gasteiger partial charge in [-0.2, -0.15) is 0 Å². The fraction of sp³-hybridized carbons (Fsp3) is 0.286. The zero-order valence-electron chi connectivity index (χ0n) is 9.77. The van der Waals surface area contributed by atoms with Crippen LogP contribution < -0.4 is 0 Å². The average molecular weight is 313 g/mol. The first-order valence-corrected chi connectivity index (χ1v) is 6.59. The van der Waals surface area contributed by atoms with Crippen molar-refractivity contribution in [2.24, 2.45) is 0 Å². The van der Waals surface area contributed by atoms with E-state index in [2.05, 4.69) is 15.9 Å². The van der Waals surface area contributed by atoms with Crippen molar-refractivity contribution >= 4 is 15.9 Å². The van der Waals surface area contributed by atoms with Crippen molar-refractivity contribution in [1.29, 1.82) is 0 Å². The van der Waals surface area contributed by atoms with Crippen molar-refractivity contribution < 1.29 is 13.9 Å². The molecule has 1 aromatic heterocycles. The van der Waals surface area contributed by atoms with E-state index < -0.39 is 6.10 Å². The number of aliphatic hydroxyl groups is 1. The molecule has 0 bridgehead atoms. The van der Waals surface area contributed by atoms with Gasteiger partial charge >= 0.3 is 0 Å². The number of halogens is 2. The molecule has 96 valence electrons. The molecule has 18 heavy (non-hydrogen) atoms. The Balaban J connectivity index is 1.90. The Morgan fingerprint density at radius 1 is 1.33 bits per heavy atom. The fourth-order valence-corrected chi connectivity index (χ4v) is 2.23. The molecule has 0 aliphatic heterocycles. The van der Waals surface area contributed by atoms with Crippen LogP contribution in [0.2, 0.25) is 0 Å². The highest BCUT2D eigenvalue weighted by Gasteiger charge is 2.10. The van der Waals surface area contributed by atoms with Crippen LogP contribution in [0.15, 0.2) is 45.5 Å². The van der Waals surface area contributed by atoms with Crippen LogP contribution in [0.25, 0.3) is 0 Å². The Morgan fingerprint density at radius 2 is 2.17 bits per heavy atom. The lowest BCUT2D eigenvalue weighted by Gasteiger charge is -2.11. The molecule has 2 nitrogen and oxygen atoms in total. The lowest BCUT2D eigenvalue weighted by atomic mass is 10.0. The van der Waals surface area contributed by atoms with E-state index in [1.165, 1.54) is 12.1 Å². The number of furan rings is 1. The van der Waals surface area contributed by atoms with Crippen LogP contribution in [0.1, 0.15) is 17.7 Å². The van der Waals surface area contributed by atoms with E-state index in [1.807, 2.05) is 12.1 Å². The summed E-state index contributed by atoms with van der Waals surface area (Å²) in [6.07, 6.45) is 2.81. The number of hydrogen-bond donors (Lipinski definition) is 1. The quantitative estimate of drug-likeness (QED) is 0.913. The third-order valence-corrected chi connectivity index (χ3v) is 3.54. The second kappa shape index (κ2) is 6.16. The maximum atomic E-state index is 13.1. The average Bonchev–Trinajstić information content (AvgIpc) is 2.84. The maximum absolute atomic E-state index is 13.1. The van der Waals surface area contributed by atoms with Gasteiger partial charge in [0.2, 0.25) is 0 Å². The molecule has 0 radical (unpaired) electrons. The predicted molar refractivity (Wildman–Crippen MR) is 70.8 cm³/mol. The van der Waals surface area contributed by atoms with Gasteiger partial charge in [0.25, 0.3) is 0 Å². The molecule has 0 aliphatic carbocycles. The molecule has 0 saturated heterocycles. The van der Waals surface area contributed by atoms with Crippen LogP contribution in [0.4, 0.5) is 4.39 Å². The van der Waals surface area contributed by atoms with Crippen molar-refractivity contribution in [3.05, 3.63) is 58.2 Å². The van der Waals surface area contributed by atoms with Gasteiger partial charge < -0.3 is 9.52 Å².